The van der Waals surface area contributed by atoms with Crippen molar-refractivity contribution < 1.29 is 14.3 Å². The van der Waals surface area contributed by atoms with Crippen molar-refractivity contribution in [3.63, 3.8) is 0 Å². The number of aliphatic hydroxyl groups is 1. The molecule has 1 aromatic heterocycles. The number of thiophene rings is 1. The summed E-state index contributed by atoms with van der Waals surface area (Å²) in [7, 11) is 0. The van der Waals surface area contributed by atoms with Gasteiger partial charge in [0.1, 0.15) is 16.9 Å². The van der Waals surface area contributed by atoms with E-state index in [-0.39, 0.29) is 11.7 Å². The van der Waals surface area contributed by atoms with Crippen LogP contribution in [0.3, 0.4) is 0 Å². The summed E-state index contributed by atoms with van der Waals surface area (Å²) in [4.78, 5) is 16.1. The number of piperidine rings is 1. The molecule has 4 nitrogen and oxygen atoms in total. The topological polar surface area (TPSA) is 52.6 Å². The fourth-order valence-electron chi connectivity index (χ4n) is 3.97. The molecule has 2 N–H and O–H groups in total. The number of nitrogens with zero attached hydrogens (tertiary/aromatic N) is 1. The number of likely N-dealkylation sites (tertiary alicyclic amines) is 1. The molecule has 1 atom stereocenters. The summed E-state index contributed by atoms with van der Waals surface area (Å²) in [6.45, 7) is 2.31. The van der Waals surface area contributed by atoms with Crippen molar-refractivity contribution in [1.82, 2.24) is 4.90 Å². The summed E-state index contributed by atoms with van der Waals surface area (Å²) >= 11 is 3.42. The Morgan fingerprint density at radius 3 is 2.89 bits per heavy atom. The molecule has 0 radical (unpaired) electrons. The zero-order valence-corrected chi connectivity index (χ0v) is 17.4. The second-order valence-corrected chi connectivity index (χ2v) is 9.60. The Bertz CT molecular complexity index is 849. The second-order valence-electron chi connectivity index (χ2n) is 7.39. The maximum atomic E-state index is 13.7. The molecular weight excluding hydrogens is 395 g/mol. The Labute approximate surface area is 173 Å². The minimum atomic E-state index is -0.941. The Morgan fingerprint density at radius 2 is 2.11 bits per heavy atom. The minimum absolute atomic E-state index is 0.0409. The van der Waals surface area contributed by atoms with Gasteiger partial charge >= 0.3 is 0 Å². The van der Waals surface area contributed by atoms with Gasteiger partial charge in [0.05, 0.1) is 6.54 Å². The third-order valence-electron chi connectivity index (χ3n) is 5.37. The summed E-state index contributed by atoms with van der Waals surface area (Å²) in [5.41, 5.74) is 2.39. The molecule has 4 rings (SSSR count). The van der Waals surface area contributed by atoms with E-state index >= 15 is 0 Å². The number of rotatable bonds is 5. The molecule has 2 aromatic rings. The zero-order valence-electron chi connectivity index (χ0n) is 15.7. The molecule has 28 heavy (non-hydrogen) atoms. The summed E-state index contributed by atoms with van der Waals surface area (Å²) in [6.07, 6.45) is 3.43. The van der Waals surface area contributed by atoms with Gasteiger partial charge in [-0.15, -0.1) is 11.3 Å². The molecule has 3 heterocycles. The molecule has 1 fully saturated rings. The number of anilines is 1. The first-order valence-electron chi connectivity index (χ1n) is 9.79. The Morgan fingerprint density at radius 1 is 1.29 bits per heavy atom. The molecule has 1 amide bonds. The number of benzene rings is 1. The normalized spacial score (nSPS) is 18.5. The molecule has 150 valence electrons. The van der Waals surface area contributed by atoms with Crippen LogP contribution < -0.4 is 5.32 Å². The first-order chi connectivity index (χ1) is 13.6. The van der Waals surface area contributed by atoms with Crippen LogP contribution in [0.1, 0.15) is 46.9 Å². The van der Waals surface area contributed by atoms with Crippen LogP contribution in [-0.2, 0) is 17.0 Å². The van der Waals surface area contributed by atoms with Gasteiger partial charge in [-0.25, -0.2) is 4.39 Å². The lowest BCUT2D eigenvalue weighted by Crippen LogP contribution is -2.36. The first-order valence-corrected chi connectivity index (χ1v) is 11.8. The van der Waals surface area contributed by atoms with Crippen LogP contribution in [0.5, 0.6) is 0 Å². The molecule has 0 bridgehead atoms. The summed E-state index contributed by atoms with van der Waals surface area (Å²) in [5.74, 6) is 1.48. The van der Waals surface area contributed by atoms with E-state index in [0.29, 0.717) is 17.1 Å². The lowest BCUT2D eigenvalue weighted by Gasteiger charge is -2.25. The van der Waals surface area contributed by atoms with E-state index in [0.717, 1.165) is 55.0 Å². The van der Waals surface area contributed by atoms with Gasteiger partial charge in [0, 0.05) is 16.2 Å². The van der Waals surface area contributed by atoms with Gasteiger partial charge in [-0.05, 0) is 61.4 Å². The van der Waals surface area contributed by atoms with Crippen LogP contribution in [-0.4, -0.2) is 41.3 Å². The predicted octanol–water partition coefficient (Wildman–Crippen LogP) is 4.18. The fraction of sp³-hybridized carbons (Fsp3) is 0.476. The maximum absolute atomic E-state index is 13.7. The second kappa shape index (κ2) is 8.95. The highest BCUT2D eigenvalue weighted by Crippen LogP contribution is 2.44. The Kier molecular flexibility index (Phi) is 6.35. The first kappa shape index (κ1) is 19.9. The van der Waals surface area contributed by atoms with E-state index in [1.165, 1.54) is 23.4 Å². The summed E-state index contributed by atoms with van der Waals surface area (Å²) < 4.78 is 13.7. The maximum Gasteiger partial charge on any atom is 0.239 e. The van der Waals surface area contributed by atoms with Crippen molar-refractivity contribution in [2.24, 2.45) is 0 Å². The van der Waals surface area contributed by atoms with E-state index < -0.39 is 6.10 Å². The number of fused-ring (bicyclic) bond motifs is 1. The molecule has 1 unspecified atom stereocenters. The number of thioether (sulfide) groups is 1. The van der Waals surface area contributed by atoms with Crippen LogP contribution >= 0.6 is 23.1 Å². The molecular formula is C21H25FN2O2S2. The van der Waals surface area contributed by atoms with E-state index in [1.54, 1.807) is 23.5 Å². The van der Waals surface area contributed by atoms with Crippen LogP contribution in [0.15, 0.2) is 24.3 Å². The zero-order chi connectivity index (χ0) is 19.5. The lowest BCUT2D eigenvalue weighted by atomic mass is 9.97. The van der Waals surface area contributed by atoms with Crippen molar-refractivity contribution in [1.29, 1.82) is 0 Å². The third-order valence-corrected chi connectivity index (χ3v) is 7.70. The number of carbonyl (C=O) groups excluding carboxylic acids is 1. The molecule has 2 aliphatic rings. The molecule has 2 aliphatic heterocycles. The van der Waals surface area contributed by atoms with Gasteiger partial charge in [0.2, 0.25) is 5.91 Å². The highest BCUT2D eigenvalue weighted by Gasteiger charge is 2.28. The quantitative estimate of drug-likeness (QED) is 0.762. The lowest BCUT2D eigenvalue weighted by molar-refractivity contribution is -0.117. The monoisotopic (exact) mass is 420 g/mol. The molecule has 0 saturated carbocycles. The number of hydrogen-bond donors (Lipinski definition) is 2. The van der Waals surface area contributed by atoms with Crippen LogP contribution in [0, 0.1) is 5.82 Å². The Balaban J connectivity index is 1.59. The van der Waals surface area contributed by atoms with Gasteiger partial charge in [-0.1, -0.05) is 18.6 Å². The molecule has 1 aromatic carbocycles. The standard InChI is InChI=1S/C21H25FN2O2S2/c22-15-6-4-5-14(11-15)20(26)19-16-7-10-27-13-17(16)28-21(19)23-18(25)12-24-8-2-1-3-9-24/h4-6,11,20,26H,1-3,7-10,12-13H2,(H,23,25). The van der Waals surface area contributed by atoms with Gasteiger partial charge < -0.3 is 10.4 Å². The number of aliphatic hydroxyl groups excluding tert-OH is 1. The van der Waals surface area contributed by atoms with Gasteiger partial charge in [0.25, 0.3) is 0 Å². The van der Waals surface area contributed by atoms with Crippen molar-refractivity contribution >= 4 is 34.0 Å². The molecule has 7 heteroatoms. The average molecular weight is 421 g/mol. The van der Waals surface area contributed by atoms with Gasteiger partial charge in [-0.3, -0.25) is 9.69 Å². The van der Waals surface area contributed by atoms with E-state index in [4.69, 9.17) is 0 Å². The molecule has 1 saturated heterocycles. The number of carbonyl (C=O) groups is 1. The number of nitrogens with one attached hydrogen (secondary N) is 1. The molecule has 0 aliphatic carbocycles. The molecule has 0 spiro atoms. The van der Waals surface area contributed by atoms with Crippen molar-refractivity contribution in [2.75, 3.05) is 30.7 Å². The fourth-order valence-corrected chi connectivity index (χ4v) is 6.40. The summed E-state index contributed by atoms with van der Waals surface area (Å²) in [5, 5.41) is 14.8. The summed E-state index contributed by atoms with van der Waals surface area (Å²) in [6, 6.07) is 6.08. The highest BCUT2D eigenvalue weighted by atomic mass is 32.2. The van der Waals surface area contributed by atoms with Crippen LogP contribution in [0.25, 0.3) is 0 Å². The van der Waals surface area contributed by atoms with E-state index in [9.17, 15) is 14.3 Å². The number of hydrogen-bond acceptors (Lipinski definition) is 5. The van der Waals surface area contributed by atoms with Crippen molar-refractivity contribution in [2.45, 2.75) is 37.5 Å². The van der Waals surface area contributed by atoms with E-state index in [1.807, 2.05) is 11.8 Å². The number of halogens is 1. The highest BCUT2D eigenvalue weighted by molar-refractivity contribution is 7.98. The minimum Gasteiger partial charge on any atom is -0.384 e. The number of amides is 1. The van der Waals surface area contributed by atoms with Gasteiger partial charge in [-0.2, -0.15) is 11.8 Å². The van der Waals surface area contributed by atoms with Crippen molar-refractivity contribution in [3.8, 4) is 0 Å². The average Bonchev–Trinajstić information content (AvgIpc) is 3.05. The largest absolute Gasteiger partial charge is 0.384 e. The van der Waals surface area contributed by atoms with Crippen molar-refractivity contribution in [3.05, 3.63) is 51.7 Å². The SMILES string of the molecule is O=C(CN1CCCCC1)Nc1sc2c(c1C(O)c1cccc(F)c1)CCSC2. The van der Waals surface area contributed by atoms with Crippen LogP contribution in [0.2, 0.25) is 0 Å². The van der Waals surface area contributed by atoms with E-state index in [2.05, 4.69) is 10.2 Å². The Hall–Kier alpha value is -1.41. The van der Waals surface area contributed by atoms with Gasteiger partial charge in [0.15, 0.2) is 0 Å². The third kappa shape index (κ3) is 4.43. The van der Waals surface area contributed by atoms with Crippen LogP contribution in [0.4, 0.5) is 9.39 Å². The predicted molar refractivity (Wildman–Crippen MR) is 114 cm³/mol. The smallest absolute Gasteiger partial charge is 0.239 e.